The highest BCUT2D eigenvalue weighted by Gasteiger charge is 2.53. The Morgan fingerprint density at radius 2 is 1.59 bits per heavy atom. The number of aliphatic hydroxyl groups is 1. The number of hydrogen-bond donors (Lipinski definition) is 5. The van der Waals surface area contributed by atoms with Gasteiger partial charge < -0.3 is 40.4 Å². The summed E-state index contributed by atoms with van der Waals surface area (Å²) in [6.07, 6.45) is -7.24. The van der Waals surface area contributed by atoms with E-state index in [0.717, 1.165) is 0 Å². The minimum atomic E-state index is -5.03. The van der Waals surface area contributed by atoms with Crippen molar-refractivity contribution in [3.63, 3.8) is 0 Å². The molecule has 0 spiro atoms. The van der Waals surface area contributed by atoms with E-state index < -0.39 is 76.9 Å². The average molecular weight is 675 g/mol. The zero-order valence-electron chi connectivity index (χ0n) is 22.1. The van der Waals surface area contributed by atoms with Crippen molar-refractivity contribution >= 4 is 60.2 Å². The lowest BCUT2D eigenvalue weighted by molar-refractivity contribution is -0.0642. The summed E-state index contributed by atoms with van der Waals surface area (Å²) in [5.41, 5.74) is 12.9. The van der Waals surface area contributed by atoms with E-state index in [1.54, 1.807) is 0 Å². The number of hydrogen-bond acceptors (Lipinski definition) is 16. The molecule has 0 aliphatic carbocycles. The van der Waals surface area contributed by atoms with Gasteiger partial charge in [-0.2, -0.15) is 0 Å². The third kappa shape index (κ3) is 5.17. The highest BCUT2D eigenvalue weighted by atomic mass is 32.5. The van der Waals surface area contributed by atoms with Crippen molar-refractivity contribution in [3.8, 4) is 0 Å². The number of aromatic nitrogens is 7. The maximum absolute atomic E-state index is 16.0. The Balaban J connectivity index is 1.20. The number of phosphoric ester groups is 1. The summed E-state index contributed by atoms with van der Waals surface area (Å²) in [4.78, 5) is 42.1. The van der Waals surface area contributed by atoms with Crippen LogP contribution in [0.1, 0.15) is 12.5 Å². The molecule has 23 heteroatoms. The molecule has 10 atom stereocenters. The van der Waals surface area contributed by atoms with Gasteiger partial charge in [-0.15, -0.1) is 0 Å². The van der Waals surface area contributed by atoms with Crippen LogP contribution in [0.25, 0.3) is 22.3 Å². The smallest absolute Gasteiger partial charge is 0.397 e. The standard InChI is InChI=1S/C21H24FN9O10P2S/c22-11-15-10(39-20(11)30-6-28-12-8(23)1-2-25-18(12)30)4-36-42(33,34)40-16-14(32)9(3-37-43(35,44)41-15)38-21(16)31-7-29-13-17(24)26-5-27-19(13)31/h1-2,5-7,9-11,14-16,20-21,32H,3-4H2,(H2,23,25)(H,33,34)(H,35,44)(H2,24,26,27)/t9-,10-,11-,14-,15-,16-,20-,21-,43?/m1/s1. The van der Waals surface area contributed by atoms with E-state index in [0.29, 0.717) is 5.69 Å². The van der Waals surface area contributed by atoms with Crippen molar-refractivity contribution in [2.75, 3.05) is 24.7 Å². The van der Waals surface area contributed by atoms with Gasteiger partial charge in [0.1, 0.15) is 47.9 Å². The SMILES string of the molecule is Nc1ccnc2c1ncn2[C@@H]1O[C@@H]2COP(=O)(O)O[C@@H]3[C@H](O)[C@@H](COP(O)(=S)O[C@H]2[C@H]1F)O[C@H]3n1cnc2c(N)ncnc21. The fraction of sp³-hybridized carbons (Fsp3) is 0.476. The van der Waals surface area contributed by atoms with Crippen LogP contribution < -0.4 is 11.5 Å². The average Bonchev–Trinajstić information content (AvgIpc) is 3.73. The Morgan fingerprint density at radius 3 is 2.39 bits per heavy atom. The Morgan fingerprint density at radius 1 is 0.909 bits per heavy atom. The number of ether oxygens (including phenoxy) is 2. The largest absolute Gasteiger partial charge is 0.472 e. The zero-order chi connectivity index (χ0) is 31.0. The highest BCUT2D eigenvalue weighted by molar-refractivity contribution is 8.07. The molecule has 4 aromatic heterocycles. The van der Waals surface area contributed by atoms with Gasteiger partial charge in [0.15, 0.2) is 35.7 Å². The van der Waals surface area contributed by atoms with Crippen molar-refractivity contribution in [1.29, 1.82) is 0 Å². The Hall–Kier alpha value is -2.78. The molecular formula is C21H24FN9O10P2S. The van der Waals surface area contributed by atoms with Crippen molar-refractivity contribution in [1.82, 2.24) is 34.1 Å². The van der Waals surface area contributed by atoms with Gasteiger partial charge in [-0.05, 0) is 17.9 Å². The molecular weight excluding hydrogens is 651 g/mol. The fourth-order valence-electron chi connectivity index (χ4n) is 5.27. The van der Waals surface area contributed by atoms with Crippen LogP contribution >= 0.6 is 14.5 Å². The van der Waals surface area contributed by atoms with Gasteiger partial charge >= 0.3 is 14.5 Å². The summed E-state index contributed by atoms with van der Waals surface area (Å²) in [5.74, 6) is 0.0552. The summed E-state index contributed by atoms with van der Waals surface area (Å²) < 4.78 is 65.0. The molecule has 7 rings (SSSR count). The van der Waals surface area contributed by atoms with Crippen molar-refractivity contribution in [2.45, 2.75) is 49.1 Å². The van der Waals surface area contributed by atoms with Crippen LogP contribution in [-0.4, -0.2) is 98.9 Å². The molecule has 3 aliphatic heterocycles. The molecule has 4 aromatic rings. The molecule has 44 heavy (non-hydrogen) atoms. The fourth-order valence-corrected chi connectivity index (χ4v) is 7.64. The molecule has 3 fully saturated rings. The first-order valence-electron chi connectivity index (χ1n) is 12.9. The van der Waals surface area contributed by atoms with Gasteiger partial charge in [-0.3, -0.25) is 22.7 Å². The van der Waals surface area contributed by atoms with Crippen LogP contribution in [0.4, 0.5) is 15.9 Å². The summed E-state index contributed by atoms with van der Waals surface area (Å²) in [6, 6.07) is 1.52. The normalized spacial score (nSPS) is 38.3. The van der Waals surface area contributed by atoms with E-state index in [2.05, 4.69) is 24.9 Å². The van der Waals surface area contributed by atoms with Gasteiger partial charge in [0.2, 0.25) is 0 Å². The van der Waals surface area contributed by atoms with Crippen LogP contribution in [0, 0.1) is 0 Å². The van der Waals surface area contributed by atoms with Crippen LogP contribution in [-0.2, 0) is 43.9 Å². The quantitative estimate of drug-likeness (QED) is 0.176. The maximum atomic E-state index is 16.0. The molecule has 236 valence electrons. The van der Waals surface area contributed by atoms with Crippen LogP contribution in [0.2, 0.25) is 0 Å². The summed E-state index contributed by atoms with van der Waals surface area (Å²) >= 11 is 5.15. The number of phosphoric acid groups is 1. The molecule has 0 aromatic carbocycles. The van der Waals surface area contributed by atoms with Gasteiger partial charge in [0.25, 0.3) is 0 Å². The molecule has 19 nitrogen and oxygen atoms in total. The van der Waals surface area contributed by atoms with Crippen molar-refractivity contribution in [2.24, 2.45) is 0 Å². The van der Waals surface area contributed by atoms with Crippen LogP contribution in [0.5, 0.6) is 0 Å². The molecule has 0 radical (unpaired) electrons. The number of fused-ring (bicyclic) bond motifs is 5. The minimum Gasteiger partial charge on any atom is -0.397 e. The third-order valence-electron chi connectivity index (χ3n) is 7.32. The molecule has 3 saturated heterocycles. The number of anilines is 2. The van der Waals surface area contributed by atoms with Crippen LogP contribution in [0.3, 0.4) is 0 Å². The molecule has 7 heterocycles. The van der Waals surface area contributed by atoms with Gasteiger partial charge in [-0.25, -0.2) is 33.9 Å². The van der Waals surface area contributed by atoms with E-state index in [1.165, 1.54) is 40.4 Å². The Kier molecular flexibility index (Phi) is 7.43. The van der Waals surface area contributed by atoms with E-state index in [-0.39, 0.29) is 28.1 Å². The predicted octanol–water partition coefficient (Wildman–Crippen LogP) is 0.0638. The number of nitrogens with two attached hydrogens (primary N) is 2. The first-order chi connectivity index (χ1) is 20.9. The summed E-state index contributed by atoms with van der Waals surface area (Å²) in [7, 11) is -5.03. The number of nitrogens with zero attached hydrogens (tertiary/aromatic N) is 7. The summed E-state index contributed by atoms with van der Waals surface area (Å²) in [5, 5.41) is 11.0. The van der Waals surface area contributed by atoms with E-state index in [4.69, 9.17) is 50.8 Å². The lowest BCUT2D eigenvalue weighted by Crippen LogP contribution is -2.35. The molecule has 3 aliphatic rings. The lowest BCUT2D eigenvalue weighted by Gasteiger charge is -2.26. The first kappa shape index (κ1) is 29.9. The molecule has 2 unspecified atom stereocenters. The van der Waals surface area contributed by atoms with Gasteiger partial charge in [-0.1, -0.05) is 0 Å². The van der Waals surface area contributed by atoms with Gasteiger partial charge in [0, 0.05) is 6.20 Å². The molecule has 0 saturated carbocycles. The highest BCUT2D eigenvalue weighted by Crippen LogP contribution is 2.54. The number of alkyl halides is 1. The number of rotatable bonds is 2. The van der Waals surface area contributed by atoms with Crippen LogP contribution in [0.15, 0.2) is 31.2 Å². The zero-order valence-corrected chi connectivity index (χ0v) is 24.7. The summed E-state index contributed by atoms with van der Waals surface area (Å²) in [6.45, 7) is -5.62. The van der Waals surface area contributed by atoms with Crippen molar-refractivity contribution in [3.05, 3.63) is 31.2 Å². The molecule has 7 N–H and O–H groups in total. The van der Waals surface area contributed by atoms with E-state index >= 15 is 4.39 Å². The second-order valence-electron chi connectivity index (χ2n) is 10.0. The first-order valence-corrected chi connectivity index (χ1v) is 17.0. The molecule has 2 bridgehead atoms. The minimum absolute atomic E-state index is 0.0552. The second-order valence-corrected chi connectivity index (χ2v) is 14.2. The van der Waals surface area contributed by atoms with E-state index in [1.807, 2.05) is 0 Å². The van der Waals surface area contributed by atoms with E-state index in [9.17, 15) is 19.5 Å². The maximum Gasteiger partial charge on any atom is 0.472 e. The molecule has 0 amide bonds. The number of imidazole rings is 2. The Labute approximate surface area is 250 Å². The monoisotopic (exact) mass is 675 g/mol. The third-order valence-corrected chi connectivity index (χ3v) is 9.87. The second kappa shape index (κ2) is 10.9. The topological polar surface area (TPSA) is 259 Å². The number of nitrogen functional groups attached to an aromatic ring is 2. The lowest BCUT2D eigenvalue weighted by atomic mass is 10.1. The van der Waals surface area contributed by atoms with Gasteiger partial charge in [0.05, 0.1) is 31.6 Å². The number of pyridine rings is 1. The number of halogens is 1. The number of aliphatic hydroxyl groups excluding tert-OH is 1. The predicted molar refractivity (Wildman–Crippen MR) is 148 cm³/mol. The van der Waals surface area contributed by atoms with Crippen molar-refractivity contribution < 1.29 is 51.4 Å². The Bertz CT molecular complexity index is 1830.